The molecule has 0 aliphatic heterocycles. The van der Waals surface area contributed by atoms with Crippen LogP contribution in [0.25, 0.3) is 0 Å². The van der Waals surface area contributed by atoms with Crippen LogP contribution in [0.2, 0.25) is 0 Å². The Hall–Kier alpha value is 1.09. The number of halogens is 1. The van der Waals surface area contributed by atoms with Gasteiger partial charge in [-0.05, 0) is 42.7 Å². The molecule has 0 nitrogen and oxygen atoms in total. The Morgan fingerprint density at radius 3 is 2.00 bits per heavy atom. The van der Waals surface area contributed by atoms with E-state index in [1.54, 1.807) is 5.92 Å². The molecule has 23 heavy (non-hydrogen) atoms. The molecule has 4 unspecified atom stereocenters. The van der Waals surface area contributed by atoms with Crippen LogP contribution in [-0.4, -0.2) is 11.0 Å². The van der Waals surface area contributed by atoms with Gasteiger partial charge in [-0.3, -0.25) is 0 Å². The molecule has 1 radical (unpaired) electrons. The predicted molar refractivity (Wildman–Crippen MR) is 121 cm³/mol. The molecule has 0 aromatic carbocycles. The standard InChI is InChI=1S/C20H41BIP/c1-14(2)17(5)15(3)11-16(4)18(6)20(9,10)12-19(7,8)13-23-21-22/h14-15,17-18,23H,11-13H2,1-10H3/q+1. The second kappa shape index (κ2) is 10.3. The molecule has 0 amide bonds. The summed E-state index contributed by atoms with van der Waals surface area (Å²) in [6, 6.07) is 0. The van der Waals surface area contributed by atoms with Gasteiger partial charge in [-0.2, -0.15) is 22.4 Å². The molecule has 0 saturated carbocycles. The number of rotatable bonds is 11. The highest BCUT2D eigenvalue weighted by molar-refractivity contribution is 14.1. The molecule has 0 aromatic heterocycles. The van der Waals surface area contributed by atoms with Crippen LogP contribution in [-0.2, 0) is 0 Å². The van der Waals surface area contributed by atoms with Crippen LogP contribution in [0.4, 0.5) is 0 Å². The zero-order chi connectivity index (χ0) is 18.4. The summed E-state index contributed by atoms with van der Waals surface area (Å²) in [5.41, 5.74) is 0.819. The summed E-state index contributed by atoms with van der Waals surface area (Å²) in [6.45, 7) is 24.3. The molecule has 0 aliphatic carbocycles. The van der Waals surface area contributed by atoms with Gasteiger partial charge in [0.15, 0.2) is 0 Å². The lowest BCUT2D eigenvalue weighted by molar-refractivity contribution is 0.141. The van der Waals surface area contributed by atoms with Crippen molar-refractivity contribution >= 4 is 35.7 Å². The zero-order valence-electron chi connectivity index (χ0n) is 17.4. The van der Waals surface area contributed by atoms with Crippen molar-refractivity contribution in [1.82, 2.24) is 0 Å². The Balaban J connectivity index is 4.74. The summed E-state index contributed by atoms with van der Waals surface area (Å²) < 4.78 is 0. The van der Waals surface area contributed by atoms with Gasteiger partial charge in [0, 0.05) is 5.41 Å². The second-order valence-electron chi connectivity index (χ2n) is 9.67. The van der Waals surface area contributed by atoms with E-state index in [-0.39, 0.29) is 0 Å². The minimum absolute atomic E-state index is 0.379. The molecular weight excluding hydrogens is 409 g/mol. The quantitative estimate of drug-likeness (QED) is 0.131. The van der Waals surface area contributed by atoms with Crippen molar-refractivity contribution in [2.75, 3.05) is 6.16 Å². The highest BCUT2D eigenvalue weighted by Crippen LogP contribution is 2.46. The highest BCUT2D eigenvalue weighted by atomic mass is 127. The molecule has 3 heteroatoms. The van der Waals surface area contributed by atoms with Gasteiger partial charge in [-0.25, -0.2) is 0 Å². The van der Waals surface area contributed by atoms with E-state index in [1.807, 2.05) is 0 Å². The molecule has 4 atom stereocenters. The lowest BCUT2D eigenvalue weighted by atomic mass is 9.64. The van der Waals surface area contributed by atoms with Crippen molar-refractivity contribution in [3.63, 3.8) is 0 Å². The Kier molecular flexibility index (Phi) is 10.8. The van der Waals surface area contributed by atoms with E-state index >= 15 is 0 Å². The Morgan fingerprint density at radius 1 is 1.04 bits per heavy atom. The molecule has 0 bridgehead atoms. The van der Waals surface area contributed by atoms with Crippen LogP contribution in [0.15, 0.2) is 0 Å². The monoisotopic (exact) mass is 450 g/mol. The fourth-order valence-electron chi connectivity index (χ4n) is 3.96. The molecule has 0 saturated heterocycles. The van der Waals surface area contributed by atoms with Crippen LogP contribution in [0, 0.1) is 40.4 Å². The van der Waals surface area contributed by atoms with Gasteiger partial charge < -0.3 is 0 Å². The number of hydrogen-bond donors (Lipinski definition) is 0. The van der Waals surface area contributed by atoms with E-state index in [2.05, 4.69) is 96.5 Å². The van der Waals surface area contributed by atoms with E-state index in [4.69, 9.17) is 0 Å². The van der Waals surface area contributed by atoms with Crippen LogP contribution in [0.1, 0.15) is 82.1 Å². The number of hydrogen-bond acceptors (Lipinski definition) is 0. The molecule has 0 aromatic rings. The summed E-state index contributed by atoms with van der Waals surface area (Å²) in [7, 11) is 0.985. The summed E-state index contributed by atoms with van der Waals surface area (Å²) in [5, 5.41) is 0. The van der Waals surface area contributed by atoms with Crippen molar-refractivity contribution in [2.24, 2.45) is 34.5 Å². The Morgan fingerprint density at radius 2 is 1.57 bits per heavy atom. The third-order valence-electron chi connectivity index (χ3n) is 6.10. The summed E-state index contributed by atoms with van der Waals surface area (Å²) in [4.78, 5) is 2.31. The van der Waals surface area contributed by atoms with E-state index in [0.717, 1.165) is 26.2 Å². The first-order valence-electron chi connectivity index (χ1n) is 9.31. The van der Waals surface area contributed by atoms with Crippen LogP contribution in [0.5, 0.6) is 0 Å². The van der Waals surface area contributed by atoms with E-state index in [9.17, 15) is 0 Å². The Labute approximate surface area is 164 Å². The summed E-state index contributed by atoms with van der Waals surface area (Å²) >= 11 is 2.40. The minimum Gasteiger partial charge on any atom is -0.152 e. The highest BCUT2D eigenvalue weighted by Gasteiger charge is 2.41. The summed E-state index contributed by atoms with van der Waals surface area (Å²) in [6.07, 6.45) is 3.92. The zero-order valence-corrected chi connectivity index (χ0v) is 20.5. The molecule has 0 aliphatic rings. The van der Waals surface area contributed by atoms with Gasteiger partial charge in [0.2, 0.25) is 4.86 Å². The fourth-order valence-corrected chi connectivity index (χ4v) is 5.37. The molecule has 135 valence electrons. The maximum atomic E-state index is 2.48. The SMILES string of the molecule is C[C+](CC(C)C(C)C(C)C)C(C)C(C)(C)CC(C)(C)CP[B]I. The molecule has 0 fully saturated rings. The maximum absolute atomic E-state index is 2.48. The van der Waals surface area contributed by atoms with Crippen molar-refractivity contribution in [3.8, 4) is 0 Å². The van der Waals surface area contributed by atoms with Gasteiger partial charge in [-0.15, -0.1) is 8.46 Å². The first kappa shape index (κ1) is 24.1. The maximum Gasteiger partial charge on any atom is 0.230 e. The smallest absolute Gasteiger partial charge is 0.152 e. The largest absolute Gasteiger partial charge is 0.230 e. The van der Waals surface area contributed by atoms with E-state index < -0.39 is 0 Å². The van der Waals surface area contributed by atoms with Crippen molar-refractivity contribution in [2.45, 2.75) is 82.1 Å². The average molecular weight is 450 g/mol. The topological polar surface area (TPSA) is 0 Å². The molecular formula is C20H41BIP+. The fraction of sp³-hybridized carbons (Fsp3) is 0.950. The van der Waals surface area contributed by atoms with E-state index in [0.29, 0.717) is 16.7 Å². The minimum atomic E-state index is 0.379. The Bertz CT molecular complexity index is 328. The second-order valence-corrected chi connectivity index (χ2v) is 12.5. The van der Waals surface area contributed by atoms with Crippen LogP contribution < -0.4 is 0 Å². The van der Waals surface area contributed by atoms with Crippen molar-refractivity contribution < 1.29 is 0 Å². The van der Waals surface area contributed by atoms with Crippen molar-refractivity contribution in [3.05, 3.63) is 5.92 Å². The molecule has 0 N–H and O–H groups in total. The molecule has 0 heterocycles. The van der Waals surface area contributed by atoms with Crippen LogP contribution in [0.3, 0.4) is 0 Å². The molecule has 0 rings (SSSR count). The lowest BCUT2D eigenvalue weighted by Gasteiger charge is -2.38. The van der Waals surface area contributed by atoms with Gasteiger partial charge >= 0.3 is 0 Å². The first-order valence-corrected chi connectivity index (χ1v) is 11.8. The van der Waals surface area contributed by atoms with Crippen LogP contribution >= 0.6 is 30.8 Å². The third-order valence-corrected chi connectivity index (χ3v) is 8.73. The van der Waals surface area contributed by atoms with E-state index in [1.165, 1.54) is 19.0 Å². The first-order chi connectivity index (χ1) is 10.3. The van der Waals surface area contributed by atoms with Gasteiger partial charge in [0.25, 0.3) is 0 Å². The third kappa shape index (κ3) is 8.84. The lowest BCUT2D eigenvalue weighted by Crippen LogP contribution is -2.33. The van der Waals surface area contributed by atoms with Crippen molar-refractivity contribution in [1.29, 1.82) is 0 Å². The predicted octanol–water partition coefficient (Wildman–Crippen LogP) is 7.63. The van der Waals surface area contributed by atoms with Gasteiger partial charge in [0.1, 0.15) is 5.92 Å². The normalized spacial score (nSPS) is 17.6. The molecule has 0 spiro atoms. The van der Waals surface area contributed by atoms with Gasteiger partial charge in [-0.1, -0.05) is 55.4 Å². The van der Waals surface area contributed by atoms with Gasteiger partial charge in [0.05, 0.1) is 19.3 Å². The average Bonchev–Trinajstić information content (AvgIpc) is 2.41. The summed E-state index contributed by atoms with van der Waals surface area (Å²) in [5.74, 6) is 4.77.